The molecule has 0 aliphatic heterocycles. The Hall–Kier alpha value is -2.62. The van der Waals surface area contributed by atoms with Crippen molar-refractivity contribution in [3.8, 4) is 0 Å². The standard InChI is InChI=1S/C12H13NO.C5H8O2/c1-10(12(13)14)6-5-9-11-7-3-2-4-8-11;1-3-5(6)7-4-2/h2-5,7-9H,1,6H2,(H2,13,14);3H,1,4H2,2H3. The van der Waals surface area contributed by atoms with Crippen LogP contribution in [-0.2, 0) is 14.3 Å². The van der Waals surface area contributed by atoms with E-state index in [-0.39, 0.29) is 5.97 Å². The van der Waals surface area contributed by atoms with Crippen molar-refractivity contribution in [2.75, 3.05) is 6.61 Å². The Labute approximate surface area is 125 Å². The fourth-order valence-electron chi connectivity index (χ4n) is 1.20. The van der Waals surface area contributed by atoms with Gasteiger partial charge >= 0.3 is 5.97 Å². The lowest BCUT2D eigenvalue weighted by molar-refractivity contribution is -0.137. The first-order valence-electron chi connectivity index (χ1n) is 6.49. The van der Waals surface area contributed by atoms with E-state index in [4.69, 9.17) is 5.73 Å². The summed E-state index contributed by atoms with van der Waals surface area (Å²) in [5.74, 6) is -0.801. The predicted molar refractivity (Wildman–Crippen MR) is 85.3 cm³/mol. The maximum atomic E-state index is 10.6. The Balaban J connectivity index is 0.000000486. The third-order valence-electron chi connectivity index (χ3n) is 2.28. The summed E-state index contributed by atoms with van der Waals surface area (Å²) in [6, 6.07) is 9.86. The number of rotatable bonds is 6. The second kappa shape index (κ2) is 11.2. The highest BCUT2D eigenvalue weighted by molar-refractivity contribution is 5.91. The van der Waals surface area contributed by atoms with Gasteiger partial charge in [0.25, 0.3) is 0 Å². The number of hydrogen-bond donors (Lipinski definition) is 1. The molecule has 2 N–H and O–H groups in total. The molecule has 0 saturated heterocycles. The van der Waals surface area contributed by atoms with Crippen LogP contribution in [-0.4, -0.2) is 18.5 Å². The molecule has 1 amide bonds. The van der Waals surface area contributed by atoms with Crippen LogP contribution >= 0.6 is 0 Å². The highest BCUT2D eigenvalue weighted by Gasteiger charge is 1.96. The Morgan fingerprint density at radius 1 is 1.29 bits per heavy atom. The fourth-order valence-corrected chi connectivity index (χ4v) is 1.20. The lowest BCUT2D eigenvalue weighted by Crippen LogP contribution is -2.12. The Morgan fingerprint density at radius 2 is 1.90 bits per heavy atom. The summed E-state index contributed by atoms with van der Waals surface area (Å²) in [5.41, 5.74) is 6.57. The van der Waals surface area contributed by atoms with Crippen LogP contribution in [0.25, 0.3) is 6.08 Å². The number of ether oxygens (including phenoxy) is 1. The number of carbonyl (C=O) groups is 2. The number of amides is 1. The smallest absolute Gasteiger partial charge is 0.330 e. The van der Waals surface area contributed by atoms with Gasteiger partial charge in [-0.2, -0.15) is 0 Å². The van der Waals surface area contributed by atoms with Crippen LogP contribution in [0.4, 0.5) is 0 Å². The molecule has 0 unspecified atom stereocenters. The third kappa shape index (κ3) is 9.90. The highest BCUT2D eigenvalue weighted by atomic mass is 16.5. The Kier molecular flexibility index (Phi) is 9.83. The fraction of sp³-hybridized carbons (Fsp3) is 0.176. The monoisotopic (exact) mass is 287 g/mol. The number of primary amides is 1. The zero-order chi connectivity index (χ0) is 16.1. The molecule has 0 aromatic heterocycles. The largest absolute Gasteiger partial charge is 0.463 e. The maximum absolute atomic E-state index is 10.6. The molecular weight excluding hydrogens is 266 g/mol. The number of nitrogens with two attached hydrogens (primary N) is 1. The van der Waals surface area contributed by atoms with Gasteiger partial charge in [0.05, 0.1) is 6.61 Å². The molecular formula is C17H21NO3. The van der Waals surface area contributed by atoms with Crippen molar-refractivity contribution in [3.63, 3.8) is 0 Å². The van der Waals surface area contributed by atoms with E-state index in [1.807, 2.05) is 42.5 Å². The number of carbonyl (C=O) groups excluding carboxylic acids is 2. The van der Waals surface area contributed by atoms with Crippen LogP contribution in [0, 0.1) is 0 Å². The van der Waals surface area contributed by atoms with Crippen LogP contribution in [0.5, 0.6) is 0 Å². The zero-order valence-corrected chi connectivity index (χ0v) is 12.2. The van der Waals surface area contributed by atoms with Gasteiger partial charge in [0.1, 0.15) is 0 Å². The van der Waals surface area contributed by atoms with Gasteiger partial charge in [0.15, 0.2) is 0 Å². The number of benzene rings is 1. The van der Waals surface area contributed by atoms with E-state index in [1.165, 1.54) is 0 Å². The summed E-state index contributed by atoms with van der Waals surface area (Å²) in [6.45, 7) is 8.94. The molecule has 0 saturated carbocycles. The predicted octanol–water partition coefficient (Wildman–Crippen LogP) is 2.87. The van der Waals surface area contributed by atoms with Crippen molar-refractivity contribution in [2.24, 2.45) is 5.73 Å². The molecule has 0 radical (unpaired) electrons. The van der Waals surface area contributed by atoms with Crippen LogP contribution in [0.1, 0.15) is 18.9 Å². The van der Waals surface area contributed by atoms with Crippen LogP contribution in [0.3, 0.4) is 0 Å². The van der Waals surface area contributed by atoms with E-state index in [9.17, 15) is 9.59 Å². The van der Waals surface area contributed by atoms with E-state index >= 15 is 0 Å². The van der Waals surface area contributed by atoms with E-state index in [1.54, 1.807) is 6.92 Å². The highest BCUT2D eigenvalue weighted by Crippen LogP contribution is 2.04. The maximum Gasteiger partial charge on any atom is 0.330 e. The number of hydrogen-bond acceptors (Lipinski definition) is 3. The van der Waals surface area contributed by atoms with Crippen molar-refractivity contribution in [2.45, 2.75) is 13.3 Å². The van der Waals surface area contributed by atoms with Gasteiger partial charge in [0.2, 0.25) is 5.91 Å². The minimum Gasteiger partial charge on any atom is -0.463 e. The minimum atomic E-state index is -0.442. The summed E-state index contributed by atoms with van der Waals surface area (Å²) in [5, 5.41) is 0. The van der Waals surface area contributed by atoms with Crippen molar-refractivity contribution >= 4 is 18.0 Å². The van der Waals surface area contributed by atoms with Gasteiger partial charge in [-0.05, 0) is 18.9 Å². The average molecular weight is 287 g/mol. The molecule has 1 aromatic carbocycles. The van der Waals surface area contributed by atoms with Gasteiger partial charge in [-0.3, -0.25) is 4.79 Å². The topological polar surface area (TPSA) is 69.4 Å². The molecule has 1 rings (SSSR count). The SMILES string of the molecule is C=C(CC=Cc1ccccc1)C(N)=O.C=CC(=O)OCC. The van der Waals surface area contributed by atoms with Crippen molar-refractivity contribution in [1.29, 1.82) is 0 Å². The summed E-state index contributed by atoms with van der Waals surface area (Å²) in [7, 11) is 0. The van der Waals surface area contributed by atoms with E-state index < -0.39 is 5.91 Å². The Morgan fingerprint density at radius 3 is 2.33 bits per heavy atom. The number of allylic oxidation sites excluding steroid dienone is 1. The van der Waals surface area contributed by atoms with Crippen LogP contribution in [0.2, 0.25) is 0 Å². The molecule has 21 heavy (non-hydrogen) atoms. The molecule has 0 aliphatic carbocycles. The molecule has 0 heterocycles. The summed E-state index contributed by atoms with van der Waals surface area (Å²) >= 11 is 0. The first-order valence-corrected chi connectivity index (χ1v) is 6.49. The average Bonchev–Trinajstić information content (AvgIpc) is 2.49. The second-order valence-electron chi connectivity index (χ2n) is 3.94. The van der Waals surface area contributed by atoms with Crippen LogP contribution in [0.15, 0.2) is 61.2 Å². The lowest BCUT2D eigenvalue weighted by Gasteiger charge is -1.94. The zero-order valence-electron chi connectivity index (χ0n) is 12.2. The molecule has 0 fully saturated rings. The summed E-state index contributed by atoms with van der Waals surface area (Å²) in [4.78, 5) is 20.7. The minimum absolute atomic E-state index is 0.359. The van der Waals surface area contributed by atoms with E-state index in [0.717, 1.165) is 11.6 Å². The second-order valence-corrected chi connectivity index (χ2v) is 3.94. The van der Waals surface area contributed by atoms with E-state index in [0.29, 0.717) is 18.6 Å². The molecule has 4 nitrogen and oxygen atoms in total. The molecule has 0 atom stereocenters. The van der Waals surface area contributed by atoms with Crippen molar-refractivity contribution in [3.05, 3.63) is 66.8 Å². The Bertz CT molecular complexity index is 504. The van der Waals surface area contributed by atoms with Gasteiger partial charge in [-0.15, -0.1) is 0 Å². The van der Waals surface area contributed by atoms with Gasteiger partial charge in [0, 0.05) is 11.6 Å². The van der Waals surface area contributed by atoms with E-state index in [2.05, 4.69) is 17.9 Å². The van der Waals surface area contributed by atoms with Gasteiger partial charge < -0.3 is 10.5 Å². The number of esters is 1. The summed E-state index contributed by atoms with van der Waals surface area (Å²) in [6.07, 6.45) is 5.46. The van der Waals surface area contributed by atoms with Crippen LogP contribution < -0.4 is 5.73 Å². The molecule has 0 spiro atoms. The van der Waals surface area contributed by atoms with Crippen molar-refractivity contribution in [1.82, 2.24) is 0 Å². The quantitative estimate of drug-likeness (QED) is 0.646. The third-order valence-corrected chi connectivity index (χ3v) is 2.28. The first-order chi connectivity index (χ1) is 10.0. The first kappa shape index (κ1) is 18.4. The van der Waals surface area contributed by atoms with Gasteiger partial charge in [-0.25, -0.2) is 4.79 Å². The lowest BCUT2D eigenvalue weighted by atomic mass is 10.1. The van der Waals surface area contributed by atoms with Gasteiger partial charge in [-0.1, -0.05) is 55.6 Å². The summed E-state index contributed by atoms with van der Waals surface area (Å²) < 4.78 is 4.43. The molecule has 4 heteroatoms. The normalized spacial score (nSPS) is 9.38. The molecule has 1 aromatic rings. The molecule has 0 bridgehead atoms. The van der Waals surface area contributed by atoms with Crippen molar-refractivity contribution < 1.29 is 14.3 Å². The molecule has 112 valence electrons. The molecule has 0 aliphatic rings.